The standard InChI is InChI=1S/C21H23N3O4S/c1-2-28-20-10-8-18(9-11-20)23(13-4-12-22)21(25)17-6-3-7-19(16-17)24-14-5-15-29(24,26)27/h3,6-11,16H,2,4-5,13-15H2,1H3. The maximum atomic E-state index is 13.2. The predicted molar refractivity (Wildman–Crippen MR) is 112 cm³/mol. The highest BCUT2D eigenvalue weighted by molar-refractivity contribution is 7.93. The second-order valence-corrected chi connectivity index (χ2v) is 8.60. The van der Waals surface area contributed by atoms with Gasteiger partial charge in [-0.05, 0) is 55.8 Å². The third-order valence-corrected chi connectivity index (χ3v) is 6.50. The number of hydrogen-bond donors (Lipinski definition) is 0. The quantitative estimate of drug-likeness (QED) is 0.695. The maximum Gasteiger partial charge on any atom is 0.258 e. The third-order valence-electron chi connectivity index (χ3n) is 4.63. The first-order valence-electron chi connectivity index (χ1n) is 9.48. The second-order valence-electron chi connectivity index (χ2n) is 6.58. The largest absolute Gasteiger partial charge is 0.494 e. The van der Waals surface area contributed by atoms with Gasteiger partial charge in [0, 0.05) is 24.3 Å². The molecule has 0 saturated carbocycles. The Morgan fingerprint density at radius 3 is 2.62 bits per heavy atom. The average Bonchev–Trinajstić information content (AvgIpc) is 3.08. The molecule has 152 valence electrons. The lowest BCUT2D eigenvalue weighted by atomic mass is 10.1. The van der Waals surface area contributed by atoms with Crippen molar-refractivity contribution >= 4 is 27.3 Å². The van der Waals surface area contributed by atoms with Gasteiger partial charge in [0.15, 0.2) is 0 Å². The van der Waals surface area contributed by atoms with E-state index in [9.17, 15) is 13.2 Å². The van der Waals surface area contributed by atoms with Crippen LogP contribution in [0.15, 0.2) is 48.5 Å². The van der Waals surface area contributed by atoms with Gasteiger partial charge in [0.25, 0.3) is 5.91 Å². The summed E-state index contributed by atoms with van der Waals surface area (Å²) < 4.78 is 31.2. The highest BCUT2D eigenvalue weighted by Crippen LogP contribution is 2.27. The minimum absolute atomic E-state index is 0.117. The fourth-order valence-corrected chi connectivity index (χ4v) is 4.83. The minimum atomic E-state index is -3.33. The van der Waals surface area contributed by atoms with Gasteiger partial charge in [-0.3, -0.25) is 9.10 Å². The maximum absolute atomic E-state index is 13.2. The molecule has 2 aromatic carbocycles. The Labute approximate surface area is 171 Å². The summed E-state index contributed by atoms with van der Waals surface area (Å²) in [6.45, 7) is 3.08. The van der Waals surface area contributed by atoms with E-state index in [0.29, 0.717) is 42.3 Å². The summed E-state index contributed by atoms with van der Waals surface area (Å²) in [6.07, 6.45) is 0.750. The number of amides is 1. The molecule has 1 aliphatic heterocycles. The summed E-state index contributed by atoms with van der Waals surface area (Å²) in [4.78, 5) is 14.7. The average molecular weight is 413 g/mol. The van der Waals surface area contributed by atoms with E-state index in [0.717, 1.165) is 0 Å². The summed E-state index contributed by atoms with van der Waals surface area (Å²) in [5, 5.41) is 8.99. The van der Waals surface area contributed by atoms with Gasteiger partial charge in [-0.1, -0.05) is 6.07 Å². The number of nitriles is 1. The SMILES string of the molecule is CCOc1ccc(N(CCC#N)C(=O)c2cccc(N3CCCS3(=O)=O)c2)cc1. The Hall–Kier alpha value is -3.05. The molecule has 7 nitrogen and oxygen atoms in total. The molecular formula is C21H23N3O4S. The highest BCUT2D eigenvalue weighted by Gasteiger charge is 2.29. The van der Waals surface area contributed by atoms with Gasteiger partial charge >= 0.3 is 0 Å². The van der Waals surface area contributed by atoms with Crippen LogP contribution in [0.4, 0.5) is 11.4 Å². The van der Waals surface area contributed by atoms with Crippen molar-refractivity contribution < 1.29 is 17.9 Å². The van der Waals surface area contributed by atoms with Crippen molar-refractivity contribution in [3.8, 4) is 11.8 Å². The Balaban J connectivity index is 1.90. The summed E-state index contributed by atoms with van der Waals surface area (Å²) in [5.74, 6) is 0.527. The number of rotatable bonds is 7. The van der Waals surface area contributed by atoms with Crippen molar-refractivity contribution in [2.75, 3.05) is 34.7 Å². The molecule has 1 amide bonds. The van der Waals surface area contributed by atoms with Crippen LogP contribution in [-0.4, -0.2) is 39.8 Å². The van der Waals surface area contributed by atoms with E-state index in [-0.39, 0.29) is 24.6 Å². The Kier molecular flexibility index (Phi) is 6.39. The lowest BCUT2D eigenvalue weighted by Crippen LogP contribution is -2.32. The molecule has 1 fully saturated rings. The van der Waals surface area contributed by atoms with Gasteiger partial charge in [-0.2, -0.15) is 5.26 Å². The first kappa shape index (κ1) is 20.7. The smallest absolute Gasteiger partial charge is 0.258 e. The predicted octanol–water partition coefficient (Wildman–Crippen LogP) is 3.19. The van der Waals surface area contributed by atoms with Crippen LogP contribution in [-0.2, 0) is 10.0 Å². The van der Waals surface area contributed by atoms with E-state index in [2.05, 4.69) is 6.07 Å². The lowest BCUT2D eigenvalue weighted by molar-refractivity contribution is 0.0987. The zero-order chi connectivity index (χ0) is 20.9. The molecule has 0 N–H and O–H groups in total. The van der Waals surface area contributed by atoms with Crippen molar-refractivity contribution in [3.05, 3.63) is 54.1 Å². The van der Waals surface area contributed by atoms with Crippen molar-refractivity contribution in [2.24, 2.45) is 0 Å². The first-order valence-corrected chi connectivity index (χ1v) is 11.1. The van der Waals surface area contributed by atoms with Gasteiger partial charge in [0.1, 0.15) is 5.75 Å². The van der Waals surface area contributed by atoms with Crippen LogP contribution in [0.3, 0.4) is 0 Å². The summed E-state index contributed by atoms with van der Waals surface area (Å²) in [5.41, 5.74) is 1.50. The number of anilines is 2. The second kappa shape index (κ2) is 8.97. The van der Waals surface area contributed by atoms with Gasteiger partial charge < -0.3 is 9.64 Å². The Bertz CT molecular complexity index is 1010. The van der Waals surface area contributed by atoms with Crippen molar-refractivity contribution in [2.45, 2.75) is 19.8 Å². The molecule has 3 rings (SSSR count). The molecule has 0 unspecified atom stereocenters. The van der Waals surface area contributed by atoms with Gasteiger partial charge in [0.05, 0.1) is 30.5 Å². The zero-order valence-corrected chi connectivity index (χ0v) is 17.1. The molecule has 0 spiro atoms. The van der Waals surface area contributed by atoms with E-state index >= 15 is 0 Å². The summed E-state index contributed by atoms with van der Waals surface area (Å²) in [6, 6.07) is 15.8. The first-order chi connectivity index (χ1) is 14.0. The minimum Gasteiger partial charge on any atom is -0.494 e. The summed E-state index contributed by atoms with van der Waals surface area (Å²) in [7, 11) is -3.33. The fraction of sp³-hybridized carbons (Fsp3) is 0.333. The molecule has 1 saturated heterocycles. The van der Waals surface area contributed by atoms with Crippen LogP contribution >= 0.6 is 0 Å². The van der Waals surface area contributed by atoms with Crippen LogP contribution in [0.1, 0.15) is 30.1 Å². The van der Waals surface area contributed by atoms with Crippen LogP contribution in [0.25, 0.3) is 0 Å². The normalized spacial score (nSPS) is 15.0. The van der Waals surface area contributed by atoms with Gasteiger partial charge in [0.2, 0.25) is 10.0 Å². The molecule has 0 aliphatic carbocycles. The number of carbonyl (C=O) groups excluding carboxylic acids is 1. The highest BCUT2D eigenvalue weighted by atomic mass is 32.2. The van der Waals surface area contributed by atoms with Crippen LogP contribution in [0.5, 0.6) is 5.75 Å². The van der Waals surface area contributed by atoms with Crippen LogP contribution < -0.4 is 13.9 Å². The molecule has 2 aromatic rings. The van der Waals surface area contributed by atoms with Gasteiger partial charge in [-0.15, -0.1) is 0 Å². The molecule has 8 heteroatoms. The summed E-state index contributed by atoms with van der Waals surface area (Å²) >= 11 is 0. The number of hydrogen-bond acceptors (Lipinski definition) is 5. The zero-order valence-electron chi connectivity index (χ0n) is 16.2. The van der Waals surface area contributed by atoms with Crippen molar-refractivity contribution in [3.63, 3.8) is 0 Å². The fourth-order valence-electron chi connectivity index (χ4n) is 3.28. The van der Waals surface area contributed by atoms with Crippen molar-refractivity contribution in [1.82, 2.24) is 0 Å². The molecule has 0 atom stereocenters. The number of sulfonamides is 1. The van der Waals surface area contributed by atoms with E-state index in [1.807, 2.05) is 6.92 Å². The van der Waals surface area contributed by atoms with E-state index < -0.39 is 10.0 Å². The number of ether oxygens (including phenoxy) is 1. The lowest BCUT2D eigenvalue weighted by Gasteiger charge is -2.23. The Morgan fingerprint density at radius 1 is 1.24 bits per heavy atom. The van der Waals surface area contributed by atoms with E-state index in [1.54, 1.807) is 48.5 Å². The molecule has 1 aliphatic rings. The molecule has 1 heterocycles. The topological polar surface area (TPSA) is 90.7 Å². The molecule has 0 radical (unpaired) electrons. The van der Waals surface area contributed by atoms with Crippen molar-refractivity contribution in [1.29, 1.82) is 5.26 Å². The van der Waals surface area contributed by atoms with E-state index in [1.165, 1.54) is 9.21 Å². The van der Waals surface area contributed by atoms with E-state index in [4.69, 9.17) is 10.00 Å². The van der Waals surface area contributed by atoms with Gasteiger partial charge in [-0.25, -0.2) is 8.42 Å². The van der Waals surface area contributed by atoms with Crippen LogP contribution in [0.2, 0.25) is 0 Å². The number of carbonyl (C=O) groups is 1. The van der Waals surface area contributed by atoms with Crippen LogP contribution in [0, 0.1) is 11.3 Å². The Morgan fingerprint density at radius 2 is 2.00 bits per heavy atom. The number of benzene rings is 2. The molecule has 0 aromatic heterocycles. The third kappa shape index (κ3) is 4.69. The monoisotopic (exact) mass is 413 g/mol. The molecule has 0 bridgehead atoms. The number of nitrogens with zero attached hydrogens (tertiary/aromatic N) is 3. The molecular weight excluding hydrogens is 390 g/mol. The molecule has 29 heavy (non-hydrogen) atoms.